The predicted octanol–water partition coefficient (Wildman–Crippen LogP) is 3.93. The maximum absolute atomic E-state index is 13.3. The molecule has 31 heavy (non-hydrogen) atoms. The van der Waals surface area contributed by atoms with Gasteiger partial charge >= 0.3 is 0 Å². The van der Waals surface area contributed by atoms with Gasteiger partial charge in [-0.25, -0.2) is 0 Å². The number of likely N-dealkylation sites (tertiary alicyclic amines) is 1. The van der Waals surface area contributed by atoms with Crippen LogP contribution in [0.4, 0.5) is 5.69 Å². The number of hydrogen-bond acceptors (Lipinski definition) is 5. The van der Waals surface area contributed by atoms with Crippen LogP contribution in [0.15, 0.2) is 48.5 Å². The van der Waals surface area contributed by atoms with Crippen LogP contribution in [0, 0.1) is 24.2 Å². The number of hydrogen-bond donors (Lipinski definition) is 1. The number of aryl methyl sites for hydroxylation is 1. The lowest BCUT2D eigenvalue weighted by atomic mass is 9.88. The molecule has 1 aliphatic rings. The third kappa shape index (κ3) is 5.50. The monoisotopic (exact) mass is 419 g/mol. The van der Waals surface area contributed by atoms with E-state index in [1.54, 1.807) is 17.0 Å². The van der Waals surface area contributed by atoms with Gasteiger partial charge in [-0.05, 0) is 76.2 Å². The van der Waals surface area contributed by atoms with Crippen LogP contribution in [0.1, 0.15) is 42.1 Å². The van der Waals surface area contributed by atoms with E-state index in [-0.39, 0.29) is 35.8 Å². The molecule has 2 aromatic carbocycles. The zero-order valence-electron chi connectivity index (χ0n) is 18.1. The summed E-state index contributed by atoms with van der Waals surface area (Å²) in [5, 5.41) is 18.4. The van der Waals surface area contributed by atoms with Crippen LogP contribution in [-0.2, 0) is 4.79 Å². The van der Waals surface area contributed by atoms with Crippen molar-refractivity contribution in [2.75, 3.05) is 24.5 Å². The van der Waals surface area contributed by atoms with Gasteiger partial charge in [0, 0.05) is 23.7 Å². The SMILES string of the molecule is Cc1ccc(N(CCC#N)C(=O)C(C)N2CCC(C(=O)c3ccc(O)cc3)CC2)cc1. The second kappa shape index (κ2) is 10.2. The molecule has 6 nitrogen and oxygen atoms in total. The summed E-state index contributed by atoms with van der Waals surface area (Å²) in [5.74, 6) is 0.138. The second-order valence-electron chi connectivity index (χ2n) is 8.13. The lowest BCUT2D eigenvalue weighted by molar-refractivity contribution is -0.123. The Balaban J connectivity index is 1.63. The van der Waals surface area contributed by atoms with Crippen molar-refractivity contribution in [2.45, 2.75) is 39.2 Å². The van der Waals surface area contributed by atoms with Crippen molar-refractivity contribution in [1.29, 1.82) is 5.26 Å². The Labute approximate surface area is 183 Å². The van der Waals surface area contributed by atoms with Crippen LogP contribution in [0.2, 0.25) is 0 Å². The molecule has 1 heterocycles. The minimum absolute atomic E-state index is 0.0255. The Kier molecular flexibility index (Phi) is 7.43. The summed E-state index contributed by atoms with van der Waals surface area (Å²) < 4.78 is 0. The van der Waals surface area contributed by atoms with Crippen molar-refractivity contribution in [3.8, 4) is 11.8 Å². The molecule has 1 N–H and O–H groups in total. The number of rotatable bonds is 7. The molecule has 0 radical (unpaired) electrons. The van der Waals surface area contributed by atoms with Crippen molar-refractivity contribution >= 4 is 17.4 Å². The molecule has 0 bridgehead atoms. The smallest absolute Gasteiger partial charge is 0.244 e. The summed E-state index contributed by atoms with van der Waals surface area (Å²) in [6.07, 6.45) is 1.66. The molecule has 1 atom stereocenters. The van der Waals surface area contributed by atoms with Crippen LogP contribution >= 0.6 is 0 Å². The lowest BCUT2D eigenvalue weighted by Crippen LogP contribution is -2.50. The van der Waals surface area contributed by atoms with Gasteiger partial charge in [-0.2, -0.15) is 5.26 Å². The summed E-state index contributed by atoms with van der Waals surface area (Å²) in [6, 6.07) is 15.9. The number of nitrogens with zero attached hydrogens (tertiary/aromatic N) is 3. The van der Waals surface area contributed by atoms with E-state index in [2.05, 4.69) is 11.0 Å². The number of carbonyl (C=O) groups excluding carboxylic acids is 2. The molecular weight excluding hydrogens is 390 g/mol. The van der Waals surface area contributed by atoms with E-state index >= 15 is 0 Å². The number of aromatic hydroxyl groups is 1. The highest BCUT2D eigenvalue weighted by Gasteiger charge is 2.32. The number of benzene rings is 2. The van der Waals surface area contributed by atoms with Gasteiger partial charge < -0.3 is 10.0 Å². The number of carbonyl (C=O) groups is 2. The van der Waals surface area contributed by atoms with Crippen LogP contribution in [-0.4, -0.2) is 47.4 Å². The van der Waals surface area contributed by atoms with Gasteiger partial charge in [-0.1, -0.05) is 17.7 Å². The van der Waals surface area contributed by atoms with Crippen LogP contribution in [0.3, 0.4) is 0 Å². The predicted molar refractivity (Wildman–Crippen MR) is 120 cm³/mol. The molecule has 0 aliphatic carbocycles. The highest BCUT2D eigenvalue weighted by atomic mass is 16.3. The summed E-state index contributed by atoms with van der Waals surface area (Å²) in [5.41, 5.74) is 2.53. The quantitative estimate of drug-likeness (QED) is 0.688. The average Bonchev–Trinajstić information content (AvgIpc) is 2.80. The van der Waals surface area contributed by atoms with E-state index in [9.17, 15) is 14.7 Å². The van der Waals surface area contributed by atoms with Gasteiger partial charge in [0.2, 0.25) is 5.91 Å². The molecule has 3 rings (SSSR count). The molecular formula is C25H29N3O3. The third-order valence-corrected chi connectivity index (χ3v) is 6.02. The summed E-state index contributed by atoms with van der Waals surface area (Å²) in [7, 11) is 0. The molecule has 0 saturated carbocycles. The van der Waals surface area contributed by atoms with Crippen molar-refractivity contribution in [1.82, 2.24) is 4.90 Å². The third-order valence-electron chi connectivity index (χ3n) is 6.02. The number of ketones is 1. The maximum Gasteiger partial charge on any atom is 0.244 e. The molecule has 1 unspecified atom stereocenters. The van der Waals surface area contributed by atoms with Gasteiger partial charge in [-0.3, -0.25) is 14.5 Å². The summed E-state index contributed by atoms with van der Waals surface area (Å²) in [6.45, 7) is 5.59. The van der Waals surface area contributed by atoms with E-state index in [0.29, 0.717) is 38.0 Å². The number of amides is 1. The molecule has 0 aromatic heterocycles. The molecule has 1 aliphatic heterocycles. The van der Waals surface area contributed by atoms with Gasteiger partial charge in [0.25, 0.3) is 0 Å². The van der Waals surface area contributed by atoms with Crippen molar-refractivity contribution in [3.63, 3.8) is 0 Å². The fraction of sp³-hybridized carbons (Fsp3) is 0.400. The van der Waals surface area contributed by atoms with Gasteiger partial charge in [0.1, 0.15) is 5.75 Å². The fourth-order valence-corrected chi connectivity index (χ4v) is 4.05. The average molecular weight is 420 g/mol. The minimum atomic E-state index is -0.329. The van der Waals surface area contributed by atoms with Crippen LogP contribution in [0.25, 0.3) is 0 Å². The molecule has 1 saturated heterocycles. The number of phenols is 1. The molecule has 2 aromatic rings. The second-order valence-corrected chi connectivity index (χ2v) is 8.13. The van der Waals surface area contributed by atoms with E-state index in [0.717, 1.165) is 11.3 Å². The Morgan fingerprint density at radius 2 is 1.74 bits per heavy atom. The molecule has 1 amide bonds. The van der Waals surface area contributed by atoms with Gasteiger partial charge in [-0.15, -0.1) is 0 Å². The van der Waals surface area contributed by atoms with Gasteiger partial charge in [0.15, 0.2) is 5.78 Å². The topological polar surface area (TPSA) is 84.6 Å². The Hall–Kier alpha value is -3.17. The van der Waals surface area contributed by atoms with Crippen LogP contribution < -0.4 is 4.90 Å². The Bertz CT molecular complexity index is 939. The van der Waals surface area contributed by atoms with E-state index in [1.165, 1.54) is 12.1 Å². The first-order valence-corrected chi connectivity index (χ1v) is 10.7. The normalized spacial score (nSPS) is 15.8. The maximum atomic E-state index is 13.3. The Morgan fingerprint density at radius 3 is 2.32 bits per heavy atom. The lowest BCUT2D eigenvalue weighted by Gasteiger charge is -2.37. The van der Waals surface area contributed by atoms with E-state index in [4.69, 9.17) is 5.26 Å². The number of phenolic OH excluding ortho intramolecular Hbond substituents is 1. The highest BCUT2D eigenvalue weighted by Crippen LogP contribution is 2.25. The molecule has 0 spiro atoms. The fourth-order valence-electron chi connectivity index (χ4n) is 4.05. The number of nitriles is 1. The van der Waals surface area contributed by atoms with E-state index < -0.39 is 0 Å². The Morgan fingerprint density at radius 1 is 1.13 bits per heavy atom. The molecule has 162 valence electrons. The number of piperidine rings is 1. The van der Waals surface area contributed by atoms with Crippen molar-refractivity contribution in [2.24, 2.45) is 5.92 Å². The standard InChI is InChI=1S/C25H29N3O3/c1-18-4-8-22(9-5-18)28(15-3-14-26)25(31)19(2)27-16-12-21(13-17-27)24(30)20-6-10-23(29)11-7-20/h4-11,19,21,29H,3,12-13,15-17H2,1-2H3. The summed E-state index contributed by atoms with van der Waals surface area (Å²) in [4.78, 5) is 29.9. The highest BCUT2D eigenvalue weighted by molar-refractivity contribution is 5.98. The van der Waals surface area contributed by atoms with Crippen LogP contribution in [0.5, 0.6) is 5.75 Å². The first-order chi connectivity index (χ1) is 14.9. The zero-order chi connectivity index (χ0) is 22.4. The number of Topliss-reactive ketones (excluding diaryl/α,β-unsaturated/α-hetero) is 1. The van der Waals surface area contributed by atoms with Crippen molar-refractivity contribution in [3.05, 3.63) is 59.7 Å². The molecule has 6 heteroatoms. The van der Waals surface area contributed by atoms with E-state index in [1.807, 2.05) is 38.1 Å². The van der Waals surface area contributed by atoms with Gasteiger partial charge in [0.05, 0.1) is 18.5 Å². The first-order valence-electron chi connectivity index (χ1n) is 10.7. The first kappa shape index (κ1) is 22.5. The number of anilines is 1. The van der Waals surface area contributed by atoms with Crippen molar-refractivity contribution < 1.29 is 14.7 Å². The largest absolute Gasteiger partial charge is 0.508 e. The zero-order valence-corrected chi connectivity index (χ0v) is 18.1. The molecule has 1 fully saturated rings. The minimum Gasteiger partial charge on any atom is -0.508 e. The summed E-state index contributed by atoms with van der Waals surface area (Å²) >= 11 is 0.